The number of hydrogen-bond donors (Lipinski definition) is 3. The molecular weight excluding hydrogens is 284 g/mol. The fourth-order valence-electron chi connectivity index (χ4n) is 2.95. The van der Waals surface area contributed by atoms with E-state index in [-0.39, 0.29) is 23.4 Å². The van der Waals surface area contributed by atoms with Crippen molar-refractivity contribution in [3.8, 4) is 0 Å². The van der Waals surface area contributed by atoms with Crippen LogP contribution in [0.15, 0.2) is 0 Å². The van der Waals surface area contributed by atoms with Crippen molar-refractivity contribution in [3.63, 3.8) is 0 Å². The first-order valence-corrected chi connectivity index (χ1v) is 8.10. The molecule has 0 unspecified atom stereocenters. The monoisotopic (exact) mass is 314 g/mol. The number of aliphatic carboxylic acids is 1. The lowest BCUT2D eigenvalue weighted by Gasteiger charge is -2.27. The predicted octanol–water partition coefficient (Wildman–Crippen LogP) is 2.38. The summed E-state index contributed by atoms with van der Waals surface area (Å²) in [6.45, 7) is 5.66. The molecule has 0 aromatic rings. The summed E-state index contributed by atoms with van der Waals surface area (Å²) in [5.74, 6) is -0.967. The highest BCUT2D eigenvalue weighted by atomic mass is 16.5. The van der Waals surface area contributed by atoms with Gasteiger partial charge in [-0.15, -0.1) is 0 Å². The van der Waals surface area contributed by atoms with Gasteiger partial charge < -0.3 is 20.5 Å². The van der Waals surface area contributed by atoms with E-state index in [1.54, 1.807) is 7.11 Å². The normalized spacial score (nSPS) is 22.1. The van der Waals surface area contributed by atoms with Gasteiger partial charge in [0.25, 0.3) is 0 Å². The van der Waals surface area contributed by atoms with E-state index in [4.69, 9.17) is 9.84 Å². The number of rotatable bonds is 8. The minimum absolute atomic E-state index is 0.0977. The van der Waals surface area contributed by atoms with E-state index in [2.05, 4.69) is 24.5 Å². The third kappa shape index (κ3) is 7.11. The lowest BCUT2D eigenvalue weighted by atomic mass is 9.86. The molecule has 0 aromatic carbocycles. The Bertz CT molecular complexity index is 363. The van der Waals surface area contributed by atoms with E-state index >= 15 is 0 Å². The molecule has 0 radical (unpaired) electrons. The highest BCUT2D eigenvalue weighted by Crippen LogP contribution is 2.24. The SMILES string of the molecule is COCC(C)(C)CCCNC(=O)NC1CCC(C(=O)O)CC1. The molecular formula is C16H30N2O4. The minimum Gasteiger partial charge on any atom is -0.481 e. The first-order chi connectivity index (χ1) is 10.3. The number of hydrogen-bond acceptors (Lipinski definition) is 3. The number of amides is 2. The van der Waals surface area contributed by atoms with Gasteiger partial charge >= 0.3 is 12.0 Å². The Morgan fingerprint density at radius 2 is 1.86 bits per heavy atom. The average Bonchev–Trinajstić information content (AvgIpc) is 2.44. The molecule has 22 heavy (non-hydrogen) atoms. The summed E-state index contributed by atoms with van der Waals surface area (Å²) < 4.78 is 5.17. The molecule has 1 saturated carbocycles. The highest BCUT2D eigenvalue weighted by molar-refractivity contribution is 5.74. The van der Waals surface area contributed by atoms with Crippen LogP contribution in [0.4, 0.5) is 4.79 Å². The van der Waals surface area contributed by atoms with Gasteiger partial charge in [0.2, 0.25) is 0 Å². The van der Waals surface area contributed by atoms with Crippen molar-refractivity contribution in [1.29, 1.82) is 0 Å². The van der Waals surface area contributed by atoms with Crippen molar-refractivity contribution >= 4 is 12.0 Å². The van der Waals surface area contributed by atoms with Gasteiger partial charge in [-0.25, -0.2) is 4.79 Å². The Labute approximate surface area is 133 Å². The summed E-state index contributed by atoms with van der Waals surface area (Å²) in [6, 6.07) is -0.0520. The topological polar surface area (TPSA) is 87.7 Å². The van der Waals surface area contributed by atoms with Gasteiger partial charge in [0.15, 0.2) is 0 Å². The number of nitrogens with one attached hydrogen (secondary N) is 2. The largest absolute Gasteiger partial charge is 0.481 e. The molecule has 1 aliphatic carbocycles. The quantitative estimate of drug-likeness (QED) is 0.600. The molecule has 128 valence electrons. The van der Waals surface area contributed by atoms with E-state index in [1.165, 1.54) is 0 Å². The number of ether oxygens (including phenoxy) is 1. The fraction of sp³-hybridized carbons (Fsp3) is 0.875. The van der Waals surface area contributed by atoms with Crippen LogP contribution in [-0.2, 0) is 9.53 Å². The molecule has 1 aliphatic rings. The van der Waals surface area contributed by atoms with Crippen LogP contribution in [0.3, 0.4) is 0 Å². The Kier molecular flexibility index (Phi) is 7.65. The Balaban J connectivity index is 2.13. The molecule has 0 saturated heterocycles. The summed E-state index contributed by atoms with van der Waals surface area (Å²) in [6.07, 6.45) is 4.67. The standard InChI is InChI=1S/C16H30N2O4/c1-16(2,11-22-3)9-4-10-17-15(21)18-13-7-5-12(6-8-13)14(19)20/h12-13H,4-11H2,1-3H3,(H,19,20)(H2,17,18,21). The van der Waals surface area contributed by atoms with E-state index in [9.17, 15) is 9.59 Å². The maximum Gasteiger partial charge on any atom is 0.315 e. The second-order valence-electron chi connectivity index (χ2n) is 6.99. The summed E-state index contributed by atoms with van der Waals surface area (Å²) >= 11 is 0. The van der Waals surface area contributed by atoms with Crippen LogP contribution in [0.2, 0.25) is 0 Å². The van der Waals surface area contributed by atoms with Crippen LogP contribution < -0.4 is 10.6 Å². The minimum atomic E-state index is -0.721. The van der Waals surface area contributed by atoms with Crippen LogP contribution in [0, 0.1) is 11.3 Å². The molecule has 0 atom stereocenters. The van der Waals surface area contributed by atoms with E-state index in [0.717, 1.165) is 25.7 Å². The Morgan fingerprint density at radius 3 is 2.41 bits per heavy atom. The smallest absolute Gasteiger partial charge is 0.315 e. The fourth-order valence-corrected chi connectivity index (χ4v) is 2.95. The first kappa shape index (κ1) is 18.7. The van der Waals surface area contributed by atoms with Gasteiger partial charge in [0, 0.05) is 19.7 Å². The molecule has 0 heterocycles. The molecule has 0 aromatic heterocycles. The lowest BCUT2D eigenvalue weighted by molar-refractivity contribution is -0.142. The molecule has 0 spiro atoms. The van der Waals surface area contributed by atoms with E-state index in [1.807, 2.05) is 0 Å². The van der Waals surface area contributed by atoms with Gasteiger partial charge in [-0.05, 0) is 43.9 Å². The average molecular weight is 314 g/mol. The second kappa shape index (κ2) is 8.98. The molecule has 3 N–H and O–H groups in total. The van der Waals surface area contributed by atoms with Crippen molar-refractivity contribution < 1.29 is 19.4 Å². The summed E-state index contributed by atoms with van der Waals surface area (Å²) in [5.41, 5.74) is 0.127. The molecule has 6 nitrogen and oxygen atoms in total. The van der Waals surface area contributed by atoms with Crippen LogP contribution in [-0.4, -0.2) is 43.4 Å². The second-order valence-corrected chi connectivity index (χ2v) is 6.99. The zero-order chi connectivity index (χ0) is 16.6. The number of methoxy groups -OCH3 is 1. The van der Waals surface area contributed by atoms with Crippen molar-refractivity contribution in [2.45, 2.75) is 58.4 Å². The van der Waals surface area contributed by atoms with Crippen LogP contribution in [0.5, 0.6) is 0 Å². The zero-order valence-corrected chi connectivity index (χ0v) is 14.0. The first-order valence-electron chi connectivity index (χ1n) is 8.10. The van der Waals surface area contributed by atoms with Crippen molar-refractivity contribution in [2.24, 2.45) is 11.3 Å². The number of carboxylic acid groups (broad SMARTS) is 1. The van der Waals surface area contributed by atoms with Crippen LogP contribution in [0.25, 0.3) is 0 Å². The van der Waals surface area contributed by atoms with Gasteiger partial charge in [0.1, 0.15) is 0 Å². The summed E-state index contributed by atoms with van der Waals surface area (Å²) in [5, 5.41) is 14.7. The number of carbonyl (C=O) groups is 2. The van der Waals surface area contributed by atoms with Crippen molar-refractivity contribution in [1.82, 2.24) is 10.6 Å². The third-order valence-corrected chi connectivity index (χ3v) is 4.26. The maximum absolute atomic E-state index is 11.8. The van der Waals surface area contributed by atoms with Gasteiger partial charge in [-0.1, -0.05) is 13.8 Å². The number of carbonyl (C=O) groups excluding carboxylic acids is 1. The Hall–Kier alpha value is -1.30. The Morgan fingerprint density at radius 1 is 1.23 bits per heavy atom. The molecule has 2 amide bonds. The van der Waals surface area contributed by atoms with Gasteiger partial charge in [-0.3, -0.25) is 4.79 Å². The predicted molar refractivity (Wildman–Crippen MR) is 84.8 cm³/mol. The number of urea groups is 1. The highest BCUT2D eigenvalue weighted by Gasteiger charge is 2.26. The van der Waals surface area contributed by atoms with Gasteiger partial charge in [-0.2, -0.15) is 0 Å². The van der Waals surface area contributed by atoms with Crippen LogP contribution >= 0.6 is 0 Å². The third-order valence-electron chi connectivity index (χ3n) is 4.26. The maximum atomic E-state index is 11.8. The number of carboxylic acids is 1. The zero-order valence-electron chi connectivity index (χ0n) is 14.0. The molecule has 1 rings (SSSR count). The van der Waals surface area contributed by atoms with Crippen LogP contribution in [0.1, 0.15) is 52.4 Å². The van der Waals surface area contributed by atoms with Crippen molar-refractivity contribution in [3.05, 3.63) is 0 Å². The van der Waals surface area contributed by atoms with E-state index < -0.39 is 5.97 Å². The molecule has 0 bridgehead atoms. The van der Waals surface area contributed by atoms with E-state index in [0.29, 0.717) is 26.0 Å². The van der Waals surface area contributed by atoms with Crippen molar-refractivity contribution in [2.75, 3.05) is 20.3 Å². The molecule has 1 fully saturated rings. The molecule has 6 heteroatoms. The lowest BCUT2D eigenvalue weighted by Crippen LogP contribution is -2.44. The molecule has 0 aliphatic heterocycles. The summed E-state index contributed by atoms with van der Waals surface area (Å²) in [7, 11) is 1.70. The van der Waals surface area contributed by atoms with Gasteiger partial charge in [0.05, 0.1) is 12.5 Å². The summed E-state index contributed by atoms with van der Waals surface area (Å²) in [4.78, 5) is 22.7.